The molecule has 102 valence electrons. The second-order valence-electron chi connectivity index (χ2n) is 4.09. The molecule has 0 saturated carbocycles. The first kappa shape index (κ1) is 13.9. The van der Waals surface area contributed by atoms with Crippen LogP contribution in [0.3, 0.4) is 0 Å². The molecular formula is C12H14ClN3O2S. The van der Waals surface area contributed by atoms with Gasteiger partial charge in [0.25, 0.3) is 10.0 Å². The molecule has 0 fully saturated rings. The van der Waals surface area contributed by atoms with Gasteiger partial charge < -0.3 is 10.3 Å². The van der Waals surface area contributed by atoms with Gasteiger partial charge in [-0.05, 0) is 30.3 Å². The van der Waals surface area contributed by atoms with E-state index in [0.717, 1.165) is 5.69 Å². The van der Waals surface area contributed by atoms with Gasteiger partial charge in [-0.25, -0.2) is 8.42 Å². The fourth-order valence-electron chi connectivity index (χ4n) is 1.66. The smallest absolute Gasteiger partial charge is 0.263 e. The lowest BCUT2D eigenvalue weighted by molar-refractivity contribution is 0.601. The van der Waals surface area contributed by atoms with Crippen molar-refractivity contribution >= 4 is 27.3 Å². The lowest BCUT2D eigenvalue weighted by atomic mass is 10.3. The number of nitrogens with two attached hydrogens (primary N) is 1. The summed E-state index contributed by atoms with van der Waals surface area (Å²) >= 11 is 5.75. The number of aryl methyl sites for hydroxylation is 1. The number of nitrogens with zero attached hydrogens (tertiary/aromatic N) is 1. The highest BCUT2D eigenvalue weighted by Crippen LogP contribution is 2.19. The topological polar surface area (TPSA) is 77.1 Å². The molecule has 3 N–H and O–H groups in total. The van der Waals surface area contributed by atoms with Crippen LogP contribution in [0, 0.1) is 0 Å². The largest absolute Gasteiger partial charge is 0.352 e. The van der Waals surface area contributed by atoms with Gasteiger partial charge >= 0.3 is 0 Å². The van der Waals surface area contributed by atoms with Crippen LogP contribution in [0.1, 0.15) is 5.69 Å². The molecule has 0 aliphatic carbocycles. The third-order valence-corrected chi connectivity index (χ3v) is 4.30. The summed E-state index contributed by atoms with van der Waals surface area (Å²) < 4.78 is 28.5. The summed E-state index contributed by atoms with van der Waals surface area (Å²) in [5.74, 6) is 0. The zero-order chi connectivity index (χ0) is 14.0. The Hall–Kier alpha value is -1.50. The standard InChI is InChI=1S/C12H14ClN3O2S/c1-16-8-12(6-11(16)7-14)19(17,18)15-10-4-2-9(13)3-5-10/h2-6,8,15H,7,14H2,1H3. The SMILES string of the molecule is Cn1cc(S(=O)(=O)Nc2ccc(Cl)cc2)cc1CN. The second kappa shape index (κ2) is 5.24. The van der Waals surface area contributed by atoms with Crippen molar-refractivity contribution in [3.05, 3.63) is 47.2 Å². The Morgan fingerprint density at radius 1 is 1.32 bits per heavy atom. The minimum atomic E-state index is -3.61. The molecule has 2 aromatic rings. The highest BCUT2D eigenvalue weighted by atomic mass is 35.5. The third-order valence-electron chi connectivity index (χ3n) is 2.70. The maximum Gasteiger partial charge on any atom is 0.263 e. The summed E-state index contributed by atoms with van der Waals surface area (Å²) in [7, 11) is -1.85. The van der Waals surface area contributed by atoms with E-state index in [1.807, 2.05) is 0 Å². The van der Waals surface area contributed by atoms with Gasteiger partial charge in [-0.3, -0.25) is 4.72 Å². The molecule has 0 amide bonds. The monoisotopic (exact) mass is 299 g/mol. The molecule has 0 aliphatic heterocycles. The van der Waals surface area contributed by atoms with Gasteiger partial charge in [-0.2, -0.15) is 0 Å². The zero-order valence-electron chi connectivity index (χ0n) is 10.3. The van der Waals surface area contributed by atoms with Crippen molar-refractivity contribution in [2.45, 2.75) is 11.4 Å². The number of hydrogen-bond acceptors (Lipinski definition) is 3. The fourth-order valence-corrected chi connectivity index (χ4v) is 2.94. The molecule has 1 aromatic carbocycles. The Labute approximate surface area is 117 Å². The van der Waals surface area contributed by atoms with E-state index in [0.29, 0.717) is 10.7 Å². The highest BCUT2D eigenvalue weighted by molar-refractivity contribution is 7.92. The molecule has 7 heteroatoms. The van der Waals surface area contributed by atoms with Gasteiger partial charge in [0.05, 0.1) is 0 Å². The molecule has 0 unspecified atom stereocenters. The van der Waals surface area contributed by atoms with Crippen molar-refractivity contribution in [1.29, 1.82) is 0 Å². The van der Waals surface area contributed by atoms with E-state index in [9.17, 15) is 8.42 Å². The van der Waals surface area contributed by atoms with Crippen LogP contribution >= 0.6 is 11.6 Å². The Kier molecular flexibility index (Phi) is 3.84. The van der Waals surface area contributed by atoms with Crippen molar-refractivity contribution in [1.82, 2.24) is 4.57 Å². The predicted molar refractivity (Wildman–Crippen MR) is 75.6 cm³/mol. The number of sulfonamides is 1. The average molecular weight is 300 g/mol. The van der Waals surface area contributed by atoms with Crippen LogP contribution in [0.15, 0.2) is 41.4 Å². The first-order valence-corrected chi connectivity index (χ1v) is 7.42. The van der Waals surface area contributed by atoms with E-state index < -0.39 is 10.0 Å². The van der Waals surface area contributed by atoms with Crippen LogP contribution < -0.4 is 10.5 Å². The van der Waals surface area contributed by atoms with Crippen molar-refractivity contribution in [3.63, 3.8) is 0 Å². The Balaban J connectivity index is 2.29. The van der Waals surface area contributed by atoms with Gasteiger partial charge in [0, 0.05) is 36.2 Å². The van der Waals surface area contributed by atoms with Crippen molar-refractivity contribution in [2.24, 2.45) is 12.8 Å². The molecule has 0 saturated heterocycles. The number of halogens is 1. The quantitative estimate of drug-likeness (QED) is 0.905. The molecule has 1 aromatic heterocycles. The molecular weight excluding hydrogens is 286 g/mol. The molecule has 0 atom stereocenters. The van der Waals surface area contributed by atoms with Crippen LogP contribution in [0.5, 0.6) is 0 Å². The van der Waals surface area contributed by atoms with E-state index in [2.05, 4.69) is 4.72 Å². The molecule has 0 radical (unpaired) electrons. The fraction of sp³-hybridized carbons (Fsp3) is 0.167. The van der Waals surface area contributed by atoms with Crippen molar-refractivity contribution in [2.75, 3.05) is 4.72 Å². The first-order chi connectivity index (χ1) is 8.92. The third kappa shape index (κ3) is 3.09. The summed E-state index contributed by atoms with van der Waals surface area (Å²) in [6.07, 6.45) is 1.53. The van der Waals surface area contributed by atoms with Crippen molar-refractivity contribution in [3.8, 4) is 0 Å². The summed E-state index contributed by atoms with van der Waals surface area (Å²) in [4.78, 5) is 0.186. The first-order valence-electron chi connectivity index (χ1n) is 5.56. The zero-order valence-corrected chi connectivity index (χ0v) is 11.9. The molecule has 0 aliphatic rings. The highest BCUT2D eigenvalue weighted by Gasteiger charge is 2.17. The lowest BCUT2D eigenvalue weighted by Gasteiger charge is -2.06. The van der Waals surface area contributed by atoms with Gasteiger partial charge in [-0.1, -0.05) is 11.6 Å². The van der Waals surface area contributed by atoms with Crippen LogP contribution in [0.2, 0.25) is 5.02 Å². The Morgan fingerprint density at radius 3 is 2.47 bits per heavy atom. The molecule has 2 rings (SSSR count). The molecule has 0 spiro atoms. The normalized spacial score (nSPS) is 11.5. The van der Waals surface area contributed by atoms with Gasteiger partial charge in [0.15, 0.2) is 0 Å². The van der Waals surface area contributed by atoms with E-state index >= 15 is 0 Å². The second-order valence-corrected chi connectivity index (χ2v) is 6.21. The van der Waals surface area contributed by atoms with Crippen molar-refractivity contribution < 1.29 is 8.42 Å². The maximum absolute atomic E-state index is 12.2. The van der Waals surface area contributed by atoms with Crippen LogP contribution in [-0.2, 0) is 23.6 Å². The molecule has 1 heterocycles. The average Bonchev–Trinajstić information content (AvgIpc) is 2.74. The van der Waals surface area contributed by atoms with E-state index in [-0.39, 0.29) is 11.4 Å². The lowest BCUT2D eigenvalue weighted by Crippen LogP contribution is -2.12. The number of benzene rings is 1. The number of hydrogen-bond donors (Lipinski definition) is 2. The Bertz CT molecular complexity index is 678. The van der Waals surface area contributed by atoms with Crippen LogP contribution in [0.4, 0.5) is 5.69 Å². The number of nitrogens with one attached hydrogen (secondary N) is 1. The number of aromatic nitrogens is 1. The minimum absolute atomic E-state index is 0.186. The summed E-state index contributed by atoms with van der Waals surface area (Å²) in [5, 5.41) is 0.549. The van der Waals surface area contributed by atoms with Crippen LogP contribution in [0.25, 0.3) is 0 Å². The minimum Gasteiger partial charge on any atom is -0.352 e. The van der Waals surface area contributed by atoms with E-state index in [1.165, 1.54) is 6.20 Å². The molecule has 0 bridgehead atoms. The Morgan fingerprint density at radius 2 is 1.95 bits per heavy atom. The number of anilines is 1. The van der Waals surface area contributed by atoms with Gasteiger partial charge in [0.2, 0.25) is 0 Å². The van der Waals surface area contributed by atoms with Gasteiger partial charge in [-0.15, -0.1) is 0 Å². The molecule has 5 nitrogen and oxygen atoms in total. The van der Waals surface area contributed by atoms with E-state index in [1.54, 1.807) is 41.9 Å². The number of rotatable bonds is 4. The summed E-state index contributed by atoms with van der Waals surface area (Å²) in [6.45, 7) is 0.285. The summed E-state index contributed by atoms with van der Waals surface area (Å²) in [6, 6.07) is 8.00. The maximum atomic E-state index is 12.2. The van der Waals surface area contributed by atoms with Gasteiger partial charge in [0.1, 0.15) is 4.90 Å². The predicted octanol–water partition coefficient (Wildman–Crippen LogP) is 1.94. The van der Waals surface area contributed by atoms with Crippen LogP contribution in [-0.4, -0.2) is 13.0 Å². The molecule has 19 heavy (non-hydrogen) atoms. The summed E-state index contributed by atoms with van der Waals surface area (Å²) in [5.41, 5.74) is 6.73. The van der Waals surface area contributed by atoms with E-state index in [4.69, 9.17) is 17.3 Å².